The minimum absolute atomic E-state index is 0.226. The molecule has 0 saturated carbocycles. The highest BCUT2D eigenvalue weighted by atomic mass is 127. The zero-order valence-electron chi connectivity index (χ0n) is 15.7. The summed E-state index contributed by atoms with van der Waals surface area (Å²) in [5.74, 6) is 0. The Balaban J connectivity index is 1.83. The number of halogens is 1. The van der Waals surface area contributed by atoms with Gasteiger partial charge in [-0.2, -0.15) is 0 Å². The smallest absolute Gasteiger partial charge is 0.191 e. The molecular weight excluding hydrogens is 429 g/mol. The Morgan fingerprint density at radius 1 is 1.17 bits per heavy atom. The summed E-state index contributed by atoms with van der Waals surface area (Å²) in [7, 11) is -1.72. The summed E-state index contributed by atoms with van der Waals surface area (Å²) in [6.07, 6.45) is 2.39. The van der Waals surface area contributed by atoms with Gasteiger partial charge in [-0.25, -0.2) is 0 Å². The number of benzene rings is 1. The first-order valence-electron chi connectivity index (χ1n) is 8.89. The molecule has 1 aliphatic heterocycles. The van der Waals surface area contributed by atoms with Crippen molar-refractivity contribution in [3.05, 3.63) is 27.8 Å². The molecule has 0 atom stereocenters. The zero-order chi connectivity index (χ0) is 18.0. The zero-order valence-corrected chi connectivity index (χ0v) is 18.9. The third-order valence-electron chi connectivity index (χ3n) is 5.72. The van der Waals surface area contributed by atoms with Crippen LogP contribution in [-0.2, 0) is 4.43 Å². The number of rotatable bonds is 5. The van der Waals surface area contributed by atoms with Crippen molar-refractivity contribution >= 4 is 36.6 Å². The van der Waals surface area contributed by atoms with E-state index in [9.17, 15) is 5.11 Å². The Bertz CT molecular complexity index is 531. The number of hydrogen-bond donors (Lipinski definition) is 1. The average Bonchev–Trinajstić information content (AvgIpc) is 2.47. The molecule has 1 aromatic carbocycles. The molecule has 136 valence electrons. The topological polar surface area (TPSA) is 32.7 Å². The van der Waals surface area contributed by atoms with Gasteiger partial charge in [-0.05, 0) is 84.3 Å². The highest BCUT2D eigenvalue weighted by Crippen LogP contribution is 2.37. The normalized spacial score (nSPS) is 18.7. The second-order valence-electron chi connectivity index (χ2n) is 8.55. The SMILES string of the molecule is CC(C)(C)[Si](C)(C)OCCC1(O)CCN(c2ccc(I)cc2)CC1. The molecule has 1 N–H and O–H groups in total. The van der Waals surface area contributed by atoms with Crippen molar-refractivity contribution in [2.45, 2.75) is 63.8 Å². The maximum Gasteiger partial charge on any atom is 0.191 e. The second-order valence-corrected chi connectivity index (χ2v) is 14.6. The van der Waals surface area contributed by atoms with Crippen molar-refractivity contribution in [3.63, 3.8) is 0 Å². The Morgan fingerprint density at radius 3 is 2.21 bits per heavy atom. The standard InChI is InChI=1S/C19H32INO2Si/c1-18(2,3)24(4,5)23-15-12-19(22)10-13-21(14-11-19)17-8-6-16(20)7-9-17/h6-9,22H,10-15H2,1-5H3. The molecule has 3 nitrogen and oxygen atoms in total. The molecule has 5 heteroatoms. The van der Waals surface area contributed by atoms with Crippen LogP contribution in [0.25, 0.3) is 0 Å². The fourth-order valence-electron chi connectivity index (χ4n) is 2.80. The average molecular weight is 461 g/mol. The van der Waals surface area contributed by atoms with Gasteiger partial charge in [0.1, 0.15) is 0 Å². The molecule has 0 bridgehead atoms. The maximum absolute atomic E-state index is 10.9. The Kier molecular flexibility index (Phi) is 6.43. The monoisotopic (exact) mass is 461 g/mol. The maximum atomic E-state index is 10.9. The minimum Gasteiger partial charge on any atom is -0.417 e. The lowest BCUT2D eigenvalue weighted by Crippen LogP contribution is -2.46. The van der Waals surface area contributed by atoms with Crippen LogP contribution < -0.4 is 4.90 Å². The van der Waals surface area contributed by atoms with E-state index in [0.717, 1.165) is 32.4 Å². The number of nitrogens with zero attached hydrogens (tertiary/aromatic N) is 1. The van der Waals surface area contributed by atoms with Crippen LogP contribution >= 0.6 is 22.6 Å². The van der Waals surface area contributed by atoms with Gasteiger partial charge in [0.25, 0.3) is 0 Å². The minimum atomic E-state index is -1.72. The predicted molar refractivity (Wildman–Crippen MR) is 113 cm³/mol. The molecule has 24 heavy (non-hydrogen) atoms. The van der Waals surface area contributed by atoms with E-state index in [1.165, 1.54) is 9.26 Å². The first-order valence-corrected chi connectivity index (χ1v) is 12.9. The quantitative estimate of drug-likeness (QED) is 0.493. The van der Waals surface area contributed by atoms with Crippen molar-refractivity contribution in [1.82, 2.24) is 0 Å². The summed E-state index contributed by atoms with van der Waals surface area (Å²) in [5.41, 5.74) is 0.692. The van der Waals surface area contributed by atoms with E-state index in [-0.39, 0.29) is 5.04 Å². The van der Waals surface area contributed by atoms with E-state index in [1.807, 2.05) is 0 Å². The van der Waals surface area contributed by atoms with Crippen LogP contribution in [0.15, 0.2) is 24.3 Å². The van der Waals surface area contributed by atoms with Gasteiger partial charge in [-0.1, -0.05) is 20.8 Å². The molecule has 1 aromatic rings. The Morgan fingerprint density at radius 2 is 1.71 bits per heavy atom. The molecule has 0 spiro atoms. The lowest BCUT2D eigenvalue weighted by molar-refractivity contribution is -0.00398. The summed E-state index contributed by atoms with van der Waals surface area (Å²) < 4.78 is 7.51. The van der Waals surface area contributed by atoms with E-state index in [2.05, 4.69) is 85.6 Å². The van der Waals surface area contributed by atoms with E-state index >= 15 is 0 Å². The molecule has 1 heterocycles. The van der Waals surface area contributed by atoms with Gasteiger partial charge in [-0.15, -0.1) is 0 Å². The molecule has 1 aliphatic rings. The summed E-state index contributed by atoms with van der Waals surface area (Å²) in [4.78, 5) is 2.37. The number of aliphatic hydroxyl groups is 1. The summed E-state index contributed by atoms with van der Waals surface area (Å²) in [6.45, 7) is 13.8. The van der Waals surface area contributed by atoms with Gasteiger partial charge in [0.2, 0.25) is 0 Å². The third kappa shape index (κ3) is 5.19. The van der Waals surface area contributed by atoms with Crippen LogP contribution in [0.5, 0.6) is 0 Å². The third-order valence-corrected chi connectivity index (χ3v) is 11.0. The first kappa shape index (κ1) is 20.2. The number of piperidine rings is 1. The summed E-state index contributed by atoms with van der Waals surface area (Å²) in [5, 5.41) is 11.1. The number of hydrogen-bond acceptors (Lipinski definition) is 3. The highest BCUT2D eigenvalue weighted by molar-refractivity contribution is 14.1. The van der Waals surface area contributed by atoms with E-state index in [1.54, 1.807) is 0 Å². The summed E-state index contributed by atoms with van der Waals surface area (Å²) >= 11 is 2.33. The van der Waals surface area contributed by atoms with E-state index < -0.39 is 13.9 Å². The van der Waals surface area contributed by atoms with Crippen LogP contribution in [-0.4, -0.2) is 38.7 Å². The molecule has 0 aliphatic carbocycles. The van der Waals surface area contributed by atoms with Crippen molar-refractivity contribution in [1.29, 1.82) is 0 Å². The van der Waals surface area contributed by atoms with Gasteiger partial charge < -0.3 is 14.4 Å². The van der Waals surface area contributed by atoms with Crippen molar-refractivity contribution in [2.75, 3.05) is 24.6 Å². The lowest BCUT2D eigenvalue weighted by Gasteiger charge is -2.41. The van der Waals surface area contributed by atoms with Crippen molar-refractivity contribution in [2.24, 2.45) is 0 Å². The fraction of sp³-hybridized carbons (Fsp3) is 0.684. The summed E-state index contributed by atoms with van der Waals surface area (Å²) in [6, 6.07) is 8.63. The van der Waals surface area contributed by atoms with Gasteiger partial charge in [0.15, 0.2) is 8.32 Å². The molecule has 0 unspecified atom stereocenters. The van der Waals surface area contributed by atoms with E-state index in [0.29, 0.717) is 6.61 Å². The predicted octanol–water partition coefficient (Wildman–Crippen LogP) is 5.03. The van der Waals surface area contributed by atoms with Gasteiger partial charge in [-0.3, -0.25) is 0 Å². The number of anilines is 1. The van der Waals surface area contributed by atoms with Crippen molar-refractivity contribution < 1.29 is 9.53 Å². The Labute approximate surface area is 162 Å². The van der Waals surface area contributed by atoms with Crippen LogP contribution in [0.3, 0.4) is 0 Å². The van der Waals surface area contributed by atoms with Crippen molar-refractivity contribution in [3.8, 4) is 0 Å². The molecule has 0 aromatic heterocycles. The van der Waals surface area contributed by atoms with Crippen LogP contribution in [0.2, 0.25) is 18.1 Å². The van der Waals surface area contributed by atoms with Crippen LogP contribution in [0.4, 0.5) is 5.69 Å². The van der Waals surface area contributed by atoms with Gasteiger partial charge in [0.05, 0.1) is 5.60 Å². The molecular formula is C19H32INO2Si. The highest BCUT2D eigenvalue weighted by Gasteiger charge is 2.38. The van der Waals surface area contributed by atoms with Crippen LogP contribution in [0.1, 0.15) is 40.0 Å². The fourth-order valence-corrected chi connectivity index (χ4v) is 4.20. The molecule has 1 saturated heterocycles. The van der Waals surface area contributed by atoms with Gasteiger partial charge >= 0.3 is 0 Å². The molecule has 2 rings (SSSR count). The van der Waals surface area contributed by atoms with Crippen LogP contribution in [0, 0.1) is 3.57 Å². The Hall–Kier alpha value is -0.113. The largest absolute Gasteiger partial charge is 0.417 e. The van der Waals surface area contributed by atoms with Gasteiger partial charge in [0, 0.05) is 29.0 Å². The first-order chi connectivity index (χ1) is 11.0. The second kappa shape index (κ2) is 7.64. The molecule has 0 radical (unpaired) electrons. The van der Waals surface area contributed by atoms with E-state index in [4.69, 9.17) is 4.43 Å². The molecule has 1 fully saturated rings. The molecule has 0 amide bonds. The lowest BCUT2D eigenvalue weighted by atomic mass is 9.88.